The van der Waals surface area contributed by atoms with Crippen LogP contribution in [0.25, 0.3) is 0 Å². The first-order valence-electron chi connectivity index (χ1n) is 7.85. The van der Waals surface area contributed by atoms with E-state index in [0.29, 0.717) is 17.4 Å². The van der Waals surface area contributed by atoms with Gasteiger partial charge in [0, 0.05) is 5.92 Å². The summed E-state index contributed by atoms with van der Waals surface area (Å²) in [7, 11) is 0. The second-order valence-corrected chi connectivity index (χ2v) is 7.51. The average Bonchev–Trinajstić information content (AvgIpc) is 2.66. The van der Waals surface area contributed by atoms with Gasteiger partial charge in [0.25, 0.3) is 0 Å². The van der Waals surface area contributed by atoms with Gasteiger partial charge in [0.2, 0.25) is 0 Å². The fourth-order valence-electron chi connectivity index (χ4n) is 4.95. The van der Waals surface area contributed by atoms with Crippen molar-refractivity contribution in [2.45, 2.75) is 84.3 Å². The lowest BCUT2D eigenvalue weighted by molar-refractivity contribution is -0.0761. The summed E-state index contributed by atoms with van der Waals surface area (Å²) in [5.41, 5.74) is 4.16. The van der Waals surface area contributed by atoms with Gasteiger partial charge in [-0.25, -0.2) is 0 Å². The highest BCUT2D eigenvalue weighted by atomic mass is 16.5. The van der Waals surface area contributed by atoms with Crippen molar-refractivity contribution in [1.29, 1.82) is 0 Å². The molecule has 102 valence electrons. The van der Waals surface area contributed by atoms with Crippen LogP contribution in [0, 0.1) is 11.3 Å². The van der Waals surface area contributed by atoms with Crippen LogP contribution in [0.4, 0.5) is 0 Å². The van der Waals surface area contributed by atoms with Gasteiger partial charge in [0.15, 0.2) is 0 Å². The normalized spacial score (nSPS) is 43.3. The van der Waals surface area contributed by atoms with Crippen molar-refractivity contribution in [2.75, 3.05) is 0 Å². The molecule has 1 heteroatoms. The summed E-state index contributed by atoms with van der Waals surface area (Å²) in [4.78, 5) is 0. The number of rotatable bonds is 0. The van der Waals surface area contributed by atoms with Crippen molar-refractivity contribution in [2.24, 2.45) is 11.3 Å². The summed E-state index contributed by atoms with van der Waals surface area (Å²) in [6.07, 6.45) is 9.69. The predicted molar refractivity (Wildman–Crippen MR) is 75.6 cm³/mol. The first-order chi connectivity index (χ1) is 8.45. The summed E-state index contributed by atoms with van der Waals surface area (Å²) >= 11 is 0. The Bertz CT molecular complexity index is 379. The van der Waals surface area contributed by atoms with Crippen LogP contribution in [0.5, 0.6) is 0 Å². The molecule has 1 saturated heterocycles. The average molecular weight is 248 g/mol. The number of hydrogen-bond donors (Lipinski definition) is 0. The van der Waals surface area contributed by atoms with E-state index < -0.39 is 0 Å². The molecule has 0 amide bonds. The SMILES string of the molecule is C[C@@H]1CC[C@]2(CCC3=C([C@H]2C)C(C)(C)CCC3)O1. The van der Waals surface area contributed by atoms with Gasteiger partial charge in [-0.05, 0) is 57.3 Å². The molecule has 0 aromatic rings. The largest absolute Gasteiger partial charge is 0.371 e. The Morgan fingerprint density at radius 1 is 1.06 bits per heavy atom. The Morgan fingerprint density at radius 3 is 2.50 bits per heavy atom. The highest BCUT2D eigenvalue weighted by Gasteiger charge is 2.50. The van der Waals surface area contributed by atoms with Crippen LogP contribution in [0.15, 0.2) is 11.1 Å². The molecule has 0 saturated carbocycles. The standard InChI is InChI=1S/C17H28O/c1-12-7-10-17(18-12)11-8-14-6-5-9-16(3,4)15(14)13(17)2/h12-13H,5-11H2,1-4H3/t12-,13-,17-/m1/s1. The molecule has 3 rings (SSSR count). The molecule has 0 radical (unpaired) electrons. The summed E-state index contributed by atoms with van der Waals surface area (Å²) in [5.74, 6) is 0.640. The van der Waals surface area contributed by atoms with Crippen molar-refractivity contribution in [3.63, 3.8) is 0 Å². The highest BCUT2D eigenvalue weighted by molar-refractivity contribution is 5.32. The third-order valence-corrected chi connectivity index (χ3v) is 5.87. The Balaban J connectivity index is 1.97. The Labute approximate surface area is 112 Å². The van der Waals surface area contributed by atoms with Crippen LogP contribution in [0.3, 0.4) is 0 Å². The molecular formula is C17H28O. The van der Waals surface area contributed by atoms with E-state index in [9.17, 15) is 0 Å². The fourth-order valence-corrected chi connectivity index (χ4v) is 4.95. The van der Waals surface area contributed by atoms with E-state index in [4.69, 9.17) is 4.74 Å². The molecule has 1 heterocycles. The van der Waals surface area contributed by atoms with Gasteiger partial charge in [-0.2, -0.15) is 0 Å². The second kappa shape index (κ2) is 4.10. The molecule has 1 aliphatic heterocycles. The first-order valence-corrected chi connectivity index (χ1v) is 7.85. The van der Waals surface area contributed by atoms with Crippen molar-refractivity contribution in [3.8, 4) is 0 Å². The second-order valence-electron chi connectivity index (χ2n) is 7.51. The molecule has 2 aliphatic carbocycles. The maximum absolute atomic E-state index is 6.41. The minimum atomic E-state index is 0.187. The quantitative estimate of drug-likeness (QED) is 0.556. The van der Waals surface area contributed by atoms with E-state index in [1.807, 2.05) is 0 Å². The fraction of sp³-hybridized carbons (Fsp3) is 0.882. The summed E-state index contributed by atoms with van der Waals surface area (Å²) < 4.78 is 6.41. The topological polar surface area (TPSA) is 9.23 Å². The summed E-state index contributed by atoms with van der Waals surface area (Å²) in [6, 6.07) is 0. The van der Waals surface area contributed by atoms with Crippen LogP contribution in [0.1, 0.15) is 72.6 Å². The summed E-state index contributed by atoms with van der Waals surface area (Å²) in [6.45, 7) is 9.60. The van der Waals surface area contributed by atoms with Gasteiger partial charge >= 0.3 is 0 Å². The molecule has 3 atom stereocenters. The van der Waals surface area contributed by atoms with E-state index in [1.54, 1.807) is 11.1 Å². The molecule has 18 heavy (non-hydrogen) atoms. The van der Waals surface area contributed by atoms with Gasteiger partial charge in [-0.15, -0.1) is 0 Å². The smallest absolute Gasteiger partial charge is 0.0752 e. The molecule has 0 bridgehead atoms. The Hall–Kier alpha value is -0.300. The van der Waals surface area contributed by atoms with Crippen molar-refractivity contribution >= 4 is 0 Å². The van der Waals surface area contributed by atoms with Gasteiger partial charge in [-0.3, -0.25) is 0 Å². The number of hydrogen-bond acceptors (Lipinski definition) is 1. The van der Waals surface area contributed by atoms with E-state index in [1.165, 1.54) is 44.9 Å². The van der Waals surface area contributed by atoms with Crippen LogP contribution >= 0.6 is 0 Å². The lowest BCUT2D eigenvalue weighted by Crippen LogP contribution is -2.44. The third kappa shape index (κ3) is 1.78. The van der Waals surface area contributed by atoms with Gasteiger partial charge in [-0.1, -0.05) is 31.9 Å². The zero-order chi connectivity index (χ0) is 13.0. The molecule has 0 N–H and O–H groups in total. The third-order valence-electron chi connectivity index (χ3n) is 5.87. The highest BCUT2D eigenvalue weighted by Crippen LogP contribution is 2.55. The minimum absolute atomic E-state index is 0.187. The van der Waals surface area contributed by atoms with Gasteiger partial charge in [0.1, 0.15) is 0 Å². The van der Waals surface area contributed by atoms with Crippen LogP contribution < -0.4 is 0 Å². The van der Waals surface area contributed by atoms with Gasteiger partial charge < -0.3 is 4.74 Å². The molecule has 0 unspecified atom stereocenters. The van der Waals surface area contributed by atoms with E-state index in [-0.39, 0.29) is 5.60 Å². The van der Waals surface area contributed by atoms with E-state index in [2.05, 4.69) is 27.7 Å². The molecule has 1 spiro atoms. The molecule has 1 fully saturated rings. The monoisotopic (exact) mass is 248 g/mol. The van der Waals surface area contributed by atoms with Crippen LogP contribution in [-0.4, -0.2) is 11.7 Å². The van der Waals surface area contributed by atoms with Crippen molar-refractivity contribution in [3.05, 3.63) is 11.1 Å². The zero-order valence-electron chi connectivity index (χ0n) is 12.5. The molecular weight excluding hydrogens is 220 g/mol. The maximum atomic E-state index is 6.41. The lowest BCUT2D eigenvalue weighted by Gasteiger charge is -2.49. The number of allylic oxidation sites excluding steroid dienone is 1. The minimum Gasteiger partial charge on any atom is -0.371 e. The number of ether oxygens (including phenoxy) is 1. The maximum Gasteiger partial charge on any atom is 0.0752 e. The molecule has 0 aromatic carbocycles. The van der Waals surface area contributed by atoms with Gasteiger partial charge in [0.05, 0.1) is 11.7 Å². The predicted octanol–water partition coefficient (Wildman–Crippen LogP) is 4.86. The van der Waals surface area contributed by atoms with E-state index in [0.717, 1.165) is 0 Å². The van der Waals surface area contributed by atoms with Crippen LogP contribution in [0.2, 0.25) is 0 Å². The molecule has 3 aliphatic rings. The Kier molecular flexibility index (Phi) is 2.89. The Morgan fingerprint density at radius 2 is 1.83 bits per heavy atom. The lowest BCUT2D eigenvalue weighted by atomic mass is 9.59. The van der Waals surface area contributed by atoms with Crippen molar-refractivity contribution in [1.82, 2.24) is 0 Å². The van der Waals surface area contributed by atoms with E-state index >= 15 is 0 Å². The molecule has 1 nitrogen and oxygen atoms in total. The zero-order valence-corrected chi connectivity index (χ0v) is 12.5. The first kappa shape index (κ1) is 12.7. The van der Waals surface area contributed by atoms with Crippen LogP contribution in [-0.2, 0) is 4.74 Å². The molecule has 0 aromatic heterocycles. The summed E-state index contributed by atoms with van der Waals surface area (Å²) in [5, 5.41) is 0. The van der Waals surface area contributed by atoms with Crippen molar-refractivity contribution < 1.29 is 4.74 Å².